The molecule has 2 aliphatic rings. The van der Waals surface area contributed by atoms with Crippen LogP contribution in [0.3, 0.4) is 0 Å². The molecule has 19 heavy (non-hydrogen) atoms. The third kappa shape index (κ3) is 4.17. The second-order valence-corrected chi connectivity index (χ2v) is 6.40. The van der Waals surface area contributed by atoms with E-state index in [0.29, 0.717) is 0 Å². The van der Waals surface area contributed by atoms with Gasteiger partial charge in [-0.05, 0) is 33.2 Å². The van der Waals surface area contributed by atoms with Crippen molar-refractivity contribution in [3.8, 4) is 6.07 Å². The fourth-order valence-corrected chi connectivity index (χ4v) is 2.86. The topological polar surface area (TPSA) is 45.5 Å². The summed E-state index contributed by atoms with van der Waals surface area (Å²) >= 11 is 0. The van der Waals surface area contributed by atoms with E-state index in [0.717, 1.165) is 58.5 Å². The van der Waals surface area contributed by atoms with Crippen molar-refractivity contribution < 1.29 is 9.47 Å². The molecule has 0 aromatic heterocycles. The van der Waals surface area contributed by atoms with Crippen molar-refractivity contribution in [3.63, 3.8) is 0 Å². The summed E-state index contributed by atoms with van der Waals surface area (Å²) in [5.74, 6) is -0.251. The van der Waals surface area contributed by atoms with E-state index in [4.69, 9.17) is 14.7 Å². The molecule has 4 heteroatoms. The number of piperidine rings is 1. The lowest BCUT2D eigenvalue weighted by atomic mass is 9.89. The second kappa shape index (κ2) is 6.21. The Morgan fingerprint density at radius 1 is 1.16 bits per heavy atom. The molecule has 0 atom stereocenters. The number of nitrogens with zero attached hydrogens (tertiary/aromatic N) is 2. The van der Waals surface area contributed by atoms with Gasteiger partial charge in [0.1, 0.15) is 0 Å². The Morgan fingerprint density at radius 3 is 2.37 bits per heavy atom. The first-order chi connectivity index (χ1) is 9.05. The van der Waals surface area contributed by atoms with E-state index in [9.17, 15) is 0 Å². The summed E-state index contributed by atoms with van der Waals surface area (Å²) in [7, 11) is 0. The molecule has 4 nitrogen and oxygen atoms in total. The van der Waals surface area contributed by atoms with E-state index < -0.39 is 0 Å². The van der Waals surface area contributed by atoms with E-state index >= 15 is 0 Å². The van der Waals surface area contributed by atoms with Crippen LogP contribution in [0.5, 0.6) is 0 Å². The molecule has 1 spiro atoms. The lowest BCUT2D eigenvalue weighted by molar-refractivity contribution is -0.185. The Bertz CT molecular complexity index is 320. The largest absolute Gasteiger partial charge is 0.347 e. The average Bonchev–Trinajstić information content (AvgIpc) is 2.85. The molecule has 0 N–H and O–H groups in total. The summed E-state index contributed by atoms with van der Waals surface area (Å²) in [5.41, 5.74) is -0.169. The molecular weight excluding hydrogens is 240 g/mol. The number of hydrogen-bond acceptors (Lipinski definition) is 4. The molecule has 108 valence electrons. The van der Waals surface area contributed by atoms with E-state index in [-0.39, 0.29) is 11.2 Å². The molecule has 0 aromatic carbocycles. The Hall–Kier alpha value is -0.630. The van der Waals surface area contributed by atoms with Gasteiger partial charge >= 0.3 is 0 Å². The van der Waals surface area contributed by atoms with Gasteiger partial charge < -0.3 is 14.4 Å². The van der Waals surface area contributed by atoms with E-state index in [1.807, 2.05) is 13.8 Å². The molecule has 0 aromatic rings. The molecule has 2 rings (SSSR count). The molecule has 2 saturated heterocycles. The van der Waals surface area contributed by atoms with Crippen LogP contribution in [-0.4, -0.2) is 43.5 Å². The molecule has 0 aliphatic carbocycles. The van der Waals surface area contributed by atoms with Gasteiger partial charge in [-0.2, -0.15) is 5.26 Å². The number of unbranched alkanes of at least 4 members (excludes halogenated alkanes) is 1. The highest BCUT2D eigenvalue weighted by Gasteiger charge is 2.39. The van der Waals surface area contributed by atoms with E-state index in [1.165, 1.54) is 6.42 Å². The van der Waals surface area contributed by atoms with Crippen LogP contribution in [0.15, 0.2) is 0 Å². The summed E-state index contributed by atoms with van der Waals surface area (Å²) in [6, 6.07) is 2.37. The first-order valence-electron chi connectivity index (χ1n) is 7.47. The van der Waals surface area contributed by atoms with Crippen molar-refractivity contribution in [2.75, 3.05) is 32.8 Å². The third-order valence-electron chi connectivity index (χ3n) is 4.26. The second-order valence-electron chi connectivity index (χ2n) is 6.40. The molecule has 0 saturated carbocycles. The average molecular weight is 266 g/mol. The summed E-state index contributed by atoms with van der Waals surface area (Å²) in [6.07, 6.45) is 5.30. The van der Waals surface area contributed by atoms with E-state index in [1.54, 1.807) is 0 Å². The predicted octanol–water partition coefficient (Wildman–Crippen LogP) is 2.55. The van der Waals surface area contributed by atoms with Crippen LogP contribution in [0.4, 0.5) is 0 Å². The highest BCUT2D eigenvalue weighted by Crippen LogP contribution is 2.31. The van der Waals surface area contributed by atoms with Gasteiger partial charge in [0.05, 0.1) is 24.7 Å². The molecule has 2 aliphatic heterocycles. The highest BCUT2D eigenvalue weighted by molar-refractivity contribution is 4.91. The summed E-state index contributed by atoms with van der Waals surface area (Å²) in [6.45, 7) is 8.83. The minimum atomic E-state index is -0.251. The fourth-order valence-electron chi connectivity index (χ4n) is 2.86. The summed E-state index contributed by atoms with van der Waals surface area (Å²) in [4.78, 5) is 2.50. The Balaban J connectivity index is 1.60. The molecule has 2 heterocycles. The van der Waals surface area contributed by atoms with Gasteiger partial charge in [0.25, 0.3) is 0 Å². The molecule has 0 bridgehead atoms. The van der Waals surface area contributed by atoms with Gasteiger partial charge in [-0.25, -0.2) is 0 Å². The Morgan fingerprint density at radius 2 is 1.79 bits per heavy atom. The van der Waals surface area contributed by atoms with Gasteiger partial charge in [-0.15, -0.1) is 0 Å². The van der Waals surface area contributed by atoms with Gasteiger partial charge in [0.2, 0.25) is 0 Å². The van der Waals surface area contributed by atoms with Crippen molar-refractivity contribution in [1.29, 1.82) is 5.26 Å². The minimum Gasteiger partial charge on any atom is -0.347 e. The molecule has 2 fully saturated rings. The maximum Gasteiger partial charge on any atom is 0.170 e. The smallest absolute Gasteiger partial charge is 0.170 e. The summed E-state index contributed by atoms with van der Waals surface area (Å²) < 4.78 is 11.5. The number of ether oxygens (including phenoxy) is 2. The van der Waals surface area contributed by atoms with Crippen LogP contribution in [-0.2, 0) is 9.47 Å². The molecule has 0 radical (unpaired) electrons. The quantitative estimate of drug-likeness (QED) is 0.717. The lowest BCUT2D eigenvalue weighted by Gasteiger charge is -2.37. The number of nitriles is 1. The van der Waals surface area contributed by atoms with Gasteiger partial charge in [0, 0.05) is 25.9 Å². The van der Waals surface area contributed by atoms with Crippen LogP contribution in [0.25, 0.3) is 0 Å². The van der Waals surface area contributed by atoms with Crippen molar-refractivity contribution in [2.45, 2.75) is 51.7 Å². The van der Waals surface area contributed by atoms with Crippen molar-refractivity contribution >= 4 is 0 Å². The van der Waals surface area contributed by atoms with E-state index in [2.05, 4.69) is 11.0 Å². The maximum atomic E-state index is 8.97. The van der Waals surface area contributed by atoms with Crippen molar-refractivity contribution in [3.05, 3.63) is 0 Å². The van der Waals surface area contributed by atoms with Gasteiger partial charge in [-0.3, -0.25) is 0 Å². The van der Waals surface area contributed by atoms with Crippen LogP contribution < -0.4 is 0 Å². The van der Waals surface area contributed by atoms with Gasteiger partial charge in [-0.1, -0.05) is 6.42 Å². The normalized spacial score (nSPS) is 23.6. The first kappa shape index (κ1) is 14.8. The SMILES string of the molecule is CC(C)(C#N)CCCCN1CCC2(CC1)OCCO2. The Labute approximate surface area is 116 Å². The van der Waals surface area contributed by atoms with Crippen LogP contribution >= 0.6 is 0 Å². The van der Waals surface area contributed by atoms with Crippen molar-refractivity contribution in [1.82, 2.24) is 4.90 Å². The fraction of sp³-hybridized carbons (Fsp3) is 0.933. The standard InChI is InChI=1S/C15H26N2O2/c1-14(2,13-16)5-3-4-8-17-9-6-15(7-10-17)18-11-12-19-15/h3-12H2,1-2H3. The number of likely N-dealkylation sites (tertiary alicyclic amines) is 1. The lowest BCUT2D eigenvalue weighted by Crippen LogP contribution is -2.45. The van der Waals surface area contributed by atoms with Crippen LogP contribution in [0, 0.1) is 16.7 Å². The maximum absolute atomic E-state index is 8.97. The zero-order valence-electron chi connectivity index (χ0n) is 12.3. The van der Waals surface area contributed by atoms with Gasteiger partial charge in [0.15, 0.2) is 5.79 Å². The number of hydrogen-bond donors (Lipinski definition) is 0. The number of rotatable bonds is 5. The molecule has 0 unspecified atom stereocenters. The monoisotopic (exact) mass is 266 g/mol. The molecule has 0 amide bonds. The van der Waals surface area contributed by atoms with Crippen LogP contribution in [0.1, 0.15) is 46.0 Å². The predicted molar refractivity (Wildman–Crippen MR) is 73.6 cm³/mol. The minimum absolute atomic E-state index is 0.169. The third-order valence-corrected chi connectivity index (χ3v) is 4.26. The molecular formula is C15H26N2O2. The Kier molecular flexibility index (Phi) is 4.83. The van der Waals surface area contributed by atoms with Crippen molar-refractivity contribution in [2.24, 2.45) is 5.41 Å². The first-order valence-corrected chi connectivity index (χ1v) is 7.47. The zero-order valence-corrected chi connectivity index (χ0v) is 12.3. The highest BCUT2D eigenvalue weighted by atomic mass is 16.7. The zero-order chi connectivity index (χ0) is 13.8. The summed E-state index contributed by atoms with van der Waals surface area (Å²) in [5, 5.41) is 8.97. The van der Waals surface area contributed by atoms with Crippen LogP contribution in [0.2, 0.25) is 0 Å².